The third kappa shape index (κ3) is 7.08. The van der Waals surface area contributed by atoms with Crippen molar-refractivity contribution in [3.05, 3.63) is 70.5 Å². The van der Waals surface area contributed by atoms with E-state index in [0.29, 0.717) is 40.2 Å². The standard InChI is InChI=1S/C25H28ClN5O4S/c1-4-31-22(20(12-15(2)3)28-23(33)18-10-5-6-11-19(18)26)29-30-25(31)36-14-21(32)27-17-9-7-8-16(13-17)24(34)35/h5-11,13,15,20H,4,12,14H2,1-3H3,(H,27,32)(H,28,33)(H,34,35)/t20-/m1/s1. The molecule has 3 rings (SSSR count). The Balaban J connectivity index is 1.73. The molecule has 0 saturated carbocycles. The second-order valence-corrected chi connectivity index (χ2v) is 9.79. The molecule has 36 heavy (non-hydrogen) atoms. The average molecular weight is 530 g/mol. The number of carbonyl (C=O) groups is 3. The number of anilines is 1. The Labute approximate surface area is 218 Å². The predicted octanol–water partition coefficient (Wildman–Crippen LogP) is 4.90. The topological polar surface area (TPSA) is 126 Å². The number of thioether (sulfide) groups is 1. The predicted molar refractivity (Wildman–Crippen MR) is 140 cm³/mol. The highest BCUT2D eigenvalue weighted by molar-refractivity contribution is 7.99. The van der Waals surface area contributed by atoms with Crippen molar-refractivity contribution in [3.63, 3.8) is 0 Å². The summed E-state index contributed by atoms with van der Waals surface area (Å²) < 4.78 is 1.88. The Morgan fingerprint density at radius 2 is 1.86 bits per heavy atom. The molecule has 1 heterocycles. The van der Waals surface area contributed by atoms with Gasteiger partial charge in [0.1, 0.15) is 0 Å². The van der Waals surface area contributed by atoms with Crippen molar-refractivity contribution < 1.29 is 19.5 Å². The molecule has 1 aromatic heterocycles. The van der Waals surface area contributed by atoms with Crippen LogP contribution in [0.4, 0.5) is 5.69 Å². The van der Waals surface area contributed by atoms with Crippen molar-refractivity contribution in [2.24, 2.45) is 5.92 Å². The van der Waals surface area contributed by atoms with E-state index in [2.05, 4.69) is 34.7 Å². The molecule has 0 radical (unpaired) electrons. The van der Waals surface area contributed by atoms with Crippen LogP contribution in [0.3, 0.4) is 0 Å². The molecular formula is C25H28ClN5O4S. The van der Waals surface area contributed by atoms with Gasteiger partial charge < -0.3 is 20.3 Å². The molecule has 0 saturated heterocycles. The minimum atomic E-state index is -1.07. The van der Waals surface area contributed by atoms with Gasteiger partial charge in [-0.05, 0) is 49.6 Å². The maximum absolute atomic E-state index is 12.9. The fourth-order valence-electron chi connectivity index (χ4n) is 3.60. The zero-order valence-electron chi connectivity index (χ0n) is 20.2. The number of amides is 2. The van der Waals surface area contributed by atoms with E-state index in [-0.39, 0.29) is 29.0 Å². The number of halogens is 1. The van der Waals surface area contributed by atoms with Crippen molar-refractivity contribution in [1.29, 1.82) is 0 Å². The number of rotatable bonds is 11. The molecule has 2 amide bonds. The van der Waals surface area contributed by atoms with Gasteiger partial charge in [-0.2, -0.15) is 0 Å². The monoisotopic (exact) mass is 529 g/mol. The molecule has 0 aliphatic carbocycles. The number of hydrogen-bond donors (Lipinski definition) is 3. The lowest BCUT2D eigenvalue weighted by atomic mass is 10.0. The lowest BCUT2D eigenvalue weighted by Gasteiger charge is -2.21. The summed E-state index contributed by atoms with van der Waals surface area (Å²) in [7, 11) is 0. The molecule has 0 spiro atoms. The van der Waals surface area contributed by atoms with Gasteiger partial charge in [0.25, 0.3) is 5.91 Å². The third-order valence-corrected chi connectivity index (χ3v) is 6.53. The number of hydrogen-bond acceptors (Lipinski definition) is 6. The van der Waals surface area contributed by atoms with Crippen LogP contribution in [0.15, 0.2) is 53.7 Å². The van der Waals surface area contributed by atoms with E-state index < -0.39 is 12.0 Å². The Bertz CT molecular complexity index is 1250. The van der Waals surface area contributed by atoms with Gasteiger partial charge in [0, 0.05) is 12.2 Å². The van der Waals surface area contributed by atoms with Crippen LogP contribution in [0.2, 0.25) is 5.02 Å². The summed E-state index contributed by atoms with van der Waals surface area (Å²) in [6.45, 7) is 6.60. The van der Waals surface area contributed by atoms with Crippen LogP contribution in [0, 0.1) is 5.92 Å². The van der Waals surface area contributed by atoms with Crippen molar-refractivity contribution in [2.45, 2.75) is 44.9 Å². The summed E-state index contributed by atoms with van der Waals surface area (Å²) in [4.78, 5) is 36.6. The second kappa shape index (κ2) is 12.5. The summed E-state index contributed by atoms with van der Waals surface area (Å²) in [5, 5.41) is 24.4. The number of carbonyl (C=O) groups excluding carboxylic acids is 2. The normalized spacial score (nSPS) is 11.8. The number of aromatic nitrogens is 3. The molecule has 1 atom stereocenters. The van der Waals surface area contributed by atoms with Gasteiger partial charge in [-0.25, -0.2) is 4.79 Å². The van der Waals surface area contributed by atoms with Crippen LogP contribution in [-0.2, 0) is 11.3 Å². The average Bonchev–Trinajstić information content (AvgIpc) is 3.25. The lowest BCUT2D eigenvalue weighted by molar-refractivity contribution is -0.113. The first-order chi connectivity index (χ1) is 17.2. The van der Waals surface area contributed by atoms with Crippen LogP contribution in [-0.4, -0.2) is 43.4 Å². The molecule has 0 aliphatic heterocycles. The van der Waals surface area contributed by atoms with Crippen molar-refractivity contribution in [2.75, 3.05) is 11.1 Å². The summed E-state index contributed by atoms with van der Waals surface area (Å²) in [5.41, 5.74) is 0.872. The summed E-state index contributed by atoms with van der Waals surface area (Å²) >= 11 is 7.42. The molecule has 11 heteroatoms. The van der Waals surface area contributed by atoms with Crippen LogP contribution >= 0.6 is 23.4 Å². The van der Waals surface area contributed by atoms with Gasteiger partial charge in [0.15, 0.2) is 11.0 Å². The Hall–Kier alpha value is -3.37. The first kappa shape index (κ1) is 27.2. The molecule has 0 fully saturated rings. The SMILES string of the molecule is CCn1c(SCC(=O)Nc2cccc(C(=O)O)c2)nnc1[C@@H](CC(C)C)NC(=O)c1ccccc1Cl. The van der Waals surface area contributed by atoms with Gasteiger partial charge in [-0.3, -0.25) is 9.59 Å². The van der Waals surface area contributed by atoms with E-state index in [0.717, 1.165) is 0 Å². The molecular weight excluding hydrogens is 502 g/mol. The number of benzene rings is 2. The molecule has 0 unspecified atom stereocenters. The van der Waals surface area contributed by atoms with Gasteiger partial charge >= 0.3 is 5.97 Å². The number of carboxylic acid groups (broad SMARTS) is 1. The van der Waals surface area contributed by atoms with E-state index in [1.165, 1.54) is 23.9 Å². The zero-order valence-corrected chi connectivity index (χ0v) is 21.8. The fraction of sp³-hybridized carbons (Fsp3) is 0.320. The van der Waals surface area contributed by atoms with Crippen molar-refractivity contribution in [3.8, 4) is 0 Å². The van der Waals surface area contributed by atoms with Gasteiger partial charge in [-0.15, -0.1) is 10.2 Å². The molecule has 0 bridgehead atoms. The smallest absolute Gasteiger partial charge is 0.335 e. The molecule has 0 aliphatic rings. The number of aromatic carboxylic acids is 1. The summed E-state index contributed by atoms with van der Waals surface area (Å²) in [6, 6.07) is 12.5. The van der Waals surface area contributed by atoms with Gasteiger partial charge in [0.05, 0.1) is 27.9 Å². The second-order valence-electron chi connectivity index (χ2n) is 8.44. The third-order valence-electron chi connectivity index (χ3n) is 5.23. The Morgan fingerprint density at radius 3 is 2.53 bits per heavy atom. The molecule has 9 nitrogen and oxygen atoms in total. The van der Waals surface area contributed by atoms with Gasteiger partial charge in [0.2, 0.25) is 5.91 Å². The fourth-order valence-corrected chi connectivity index (χ4v) is 4.63. The highest BCUT2D eigenvalue weighted by atomic mass is 35.5. The van der Waals surface area contributed by atoms with Gasteiger partial charge in [-0.1, -0.05) is 55.4 Å². The van der Waals surface area contributed by atoms with Crippen LogP contribution < -0.4 is 10.6 Å². The maximum Gasteiger partial charge on any atom is 0.335 e. The number of carboxylic acids is 1. The van der Waals surface area contributed by atoms with E-state index in [4.69, 9.17) is 16.7 Å². The van der Waals surface area contributed by atoms with Crippen LogP contribution in [0.5, 0.6) is 0 Å². The molecule has 190 valence electrons. The summed E-state index contributed by atoms with van der Waals surface area (Å²) in [5.74, 6) is -0.747. The van der Waals surface area contributed by atoms with E-state index in [1.807, 2.05) is 11.5 Å². The minimum Gasteiger partial charge on any atom is -0.478 e. The van der Waals surface area contributed by atoms with Crippen LogP contribution in [0.1, 0.15) is 59.8 Å². The minimum absolute atomic E-state index is 0.0518. The molecule has 2 aromatic carbocycles. The quantitative estimate of drug-likeness (QED) is 0.301. The molecule has 3 aromatic rings. The first-order valence-corrected chi connectivity index (χ1v) is 12.8. The number of nitrogens with zero attached hydrogens (tertiary/aromatic N) is 3. The lowest BCUT2D eigenvalue weighted by Crippen LogP contribution is -2.31. The maximum atomic E-state index is 12.9. The Kier molecular flexibility index (Phi) is 9.49. The number of nitrogens with one attached hydrogen (secondary N) is 2. The Morgan fingerprint density at radius 1 is 1.11 bits per heavy atom. The highest BCUT2D eigenvalue weighted by Crippen LogP contribution is 2.26. The first-order valence-electron chi connectivity index (χ1n) is 11.4. The van der Waals surface area contributed by atoms with Crippen molar-refractivity contribution in [1.82, 2.24) is 20.1 Å². The van der Waals surface area contributed by atoms with Crippen LogP contribution in [0.25, 0.3) is 0 Å². The highest BCUT2D eigenvalue weighted by Gasteiger charge is 2.25. The van der Waals surface area contributed by atoms with E-state index in [1.54, 1.807) is 36.4 Å². The van der Waals surface area contributed by atoms with E-state index in [9.17, 15) is 14.4 Å². The zero-order chi connectivity index (χ0) is 26.2. The molecule has 3 N–H and O–H groups in total. The van der Waals surface area contributed by atoms with Crippen molar-refractivity contribution >= 4 is 46.8 Å². The van der Waals surface area contributed by atoms with E-state index >= 15 is 0 Å². The summed E-state index contributed by atoms with van der Waals surface area (Å²) in [6.07, 6.45) is 0.638. The largest absolute Gasteiger partial charge is 0.478 e.